The molecule has 0 saturated heterocycles. The van der Waals surface area contributed by atoms with Crippen molar-refractivity contribution in [3.63, 3.8) is 0 Å². The van der Waals surface area contributed by atoms with E-state index in [1.807, 2.05) is 17.5 Å². The fourth-order valence-corrected chi connectivity index (χ4v) is 2.21. The van der Waals surface area contributed by atoms with Crippen molar-refractivity contribution >= 4 is 22.9 Å². The normalized spacial score (nSPS) is 9.88. The summed E-state index contributed by atoms with van der Waals surface area (Å²) in [5.74, 6) is 0.394. The third kappa shape index (κ3) is 3.45. The lowest BCUT2D eigenvalue weighted by atomic mass is 10.3. The molecule has 0 radical (unpaired) electrons. The van der Waals surface area contributed by atoms with Crippen molar-refractivity contribution in [2.24, 2.45) is 0 Å². The molecule has 0 fully saturated rings. The first-order valence-electron chi connectivity index (χ1n) is 5.01. The van der Waals surface area contributed by atoms with Crippen LogP contribution in [0.3, 0.4) is 0 Å². The van der Waals surface area contributed by atoms with E-state index >= 15 is 0 Å². The maximum absolute atomic E-state index is 8.77. The van der Waals surface area contributed by atoms with Crippen LogP contribution in [0.4, 0.5) is 0 Å². The van der Waals surface area contributed by atoms with Crippen molar-refractivity contribution in [1.29, 1.82) is 5.26 Å². The van der Waals surface area contributed by atoms with E-state index in [1.165, 1.54) is 10.9 Å². The molecule has 2 aromatic heterocycles. The van der Waals surface area contributed by atoms with E-state index in [0.717, 1.165) is 6.42 Å². The summed E-state index contributed by atoms with van der Waals surface area (Å²) in [4.78, 5) is 5.25. The van der Waals surface area contributed by atoms with Crippen LogP contribution in [0.5, 0.6) is 5.88 Å². The molecule has 0 N–H and O–H groups in total. The molecule has 17 heavy (non-hydrogen) atoms. The number of rotatable bonds is 4. The quantitative estimate of drug-likeness (QED) is 0.796. The highest BCUT2D eigenvalue weighted by atomic mass is 35.5. The van der Waals surface area contributed by atoms with Gasteiger partial charge in [0.25, 0.3) is 0 Å². The molecule has 2 heterocycles. The van der Waals surface area contributed by atoms with E-state index in [4.69, 9.17) is 21.6 Å². The van der Waals surface area contributed by atoms with Crippen molar-refractivity contribution in [2.75, 3.05) is 6.61 Å². The van der Waals surface area contributed by atoms with Gasteiger partial charge in [-0.15, -0.1) is 11.3 Å². The molecule has 0 aromatic carbocycles. The van der Waals surface area contributed by atoms with E-state index in [9.17, 15) is 0 Å². The van der Waals surface area contributed by atoms with Gasteiger partial charge in [0.2, 0.25) is 5.88 Å². The summed E-state index contributed by atoms with van der Waals surface area (Å²) < 4.78 is 5.46. The molecule has 86 valence electrons. The minimum absolute atomic E-state index is 0.273. The molecule has 2 rings (SSSR count). The van der Waals surface area contributed by atoms with Crippen LogP contribution < -0.4 is 4.74 Å². The third-order valence-corrected chi connectivity index (χ3v) is 3.21. The zero-order chi connectivity index (χ0) is 12.1. The molecule has 0 aliphatic carbocycles. The maximum Gasteiger partial charge on any atom is 0.215 e. The first-order chi connectivity index (χ1) is 8.28. The van der Waals surface area contributed by atoms with Crippen molar-refractivity contribution in [3.8, 4) is 11.9 Å². The number of ether oxygens (including phenoxy) is 1. The monoisotopic (exact) mass is 264 g/mol. The topological polar surface area (TPSA) is 45.9 Å². The second-order valence-electron chi connectivity index (χ2n) is 3.31. The summed E-state index contributed by atoms with van der Waals surface area (Å²) in [6, 6.07) is 9.16. The zero-order valence-electron chi connectivity index (χ0n) is 8.89. The Bertz CT molecular complexity index is 534. The number of pyridine rings is 1. The van der Waals surface area contributed by atoms with Crippen molar-refractivity contribution < 1.29 is 4.74 Å². The van der Waals surface area contributed by atoms with Crippen LogP contribution in [0.15, 0.2) is 29.6 Å². The number of thiophene rings is 1. The van der Waals surface area contributed by atoms with Gasteiger partial charge in [-0.2, -0.15) is 5.26 Å². The van der Waals surface area contributed by atoms with Crippen LogP contribution in [0.1, 0.15) is 10.4 Å². The smallest absolute Gasteiger partial charge is 0.215 e. The van der Waals surface area contributed by atoms with Crippen LogP contribution in [0, 0.1) is 11.3 Å². The summed E-state index contributed by atoms with van der Waals surface area (Å²) in [6.45, 7) is 0.527. The van der Waals surface area contributed by atoms with Gasteiger partial charge in [-0.05, 0) is 17.5 Å². The molecular formula is C12H9ClN2OS. The molecule has 0 unspecified atom stereocenters. The highest BCUT2D eigenvalue weighted by Gasteiger charge is 2.02. The number of hydrogen-bond donors (Lipinski definition) is 0. The number of hydrogen-bond acceptors (Lipinski definition) is 4. The third-order valence-electron chi connectivity index (χ3n) is 2.08. The lowest BCUT2D eigenvalue weighted by Gasteiger charge is -2.04. The molecule has 0 bridgehead atoms. The molecule has 2 aromatic rings. The zero-order valence-corrected chi connectivity index (χ0v) is 10.5. The first kappa shape index (κ1) is 11.9. The molecule has 0 amide bonds. The van der Waals surface area contributed by atoms with Gasteiger partial charge < -0.3 is 4.74 Å². The van der Waals surface area contributed by atoms with Gasteiger partial charge in [0.15, 0.2) is 0 Å². The summed E-state index contributed by atoms with van der Waals surface area (Å²) in [5.41, 5.74) is 0.455. The van der Waals surface area contributed by atoms with Crippen LogP contribution >= 0.6 is 22.9 Å². The Morgan fingerprint density at radius 2 is 2.35 bits per heavy atom. The lowest BCUT2D eigenvalue weighted by molar-refractivity contribution is 0.310. The fourth-order valence-electron chi connectivity index (χ4n) is 1.32. The first-order valence-corrected chi connectivity index (χ1v) is 6.26. The Balaban J connectivity index is 1.95. The molecule has 0 atom stereocenters. The van der Waals surface area contributed by atoms with Crippen molar-refractivity contribution in [2.45, 2.75) is 6.42 Å². The number of aromatic nitrogens is 1. The van der Waals surface area contributed by atoms with Crippen LogP contribution in [-0.4, -0.2) is 11.6 Å². The van der Waals surface area contributed by atoms with E-state index in [2.05, 4.69) is 11.1 Å². The second kappa shape index (κ2) is 5.67. The number of halogens is 1. The minimum Gasteiger partial charge on any atom is -0.477 e. The maximum atomic E-state index is 8.77. The van der Waals surface area contributed by atoms with E-state index in [1.54, 1.807) is 17.4 Å². The van der Waals surface area contributed by atoms with Crippen molar-refractivity contribution in [1.82, 2.24) is 4.98 Å². The van der Waals surface area contributed by atoms with Crippen molar-refractivity contribution in [3.05, 3.63) is 45.2 Å². The molecule has 0 aliphatic rings. The average Bonchev–Trinajstić information content (AvgIpc) is 2.81. The van der Waals surface area contributed by atoms with Gasteiger partial charge in [-0.1, -0.05) is 17.7 Å². The van der Waals surface area contributed by atoms with Crippen LogP contribution in [0.25, 0.3) is 0 Å². The Hall–Kier alpha value is -1.57. The second-order valence-corrected chi connectivity index (χ2v) is 4.73. The molecule has 3 nitrogen and oxygen atoms in total. The molecule has 0 saturated carbocycles. The van der Waals surface area contributed by atoms with E-state index in [-0.39, 0.29) is 5.15 Å². The number of nitrogens with zero attached hydrogens (tertiary/aromatic N) is 2. The predicted octanol–water partition coefficient (Wildman–Crippen LogP) is 3.29. The van der Waals surface area contributed by atoms with E-state index < -0.39 is 0 Å². The molecular weight excluding hydrogens is 256 g/mol. The van der Waals surface area contributed by atoms with Gasteiger partial charge >= 0.3 is 0 Å². The highest BCUT2D eigenvalue weighted by molar-refractivity contribution is 7.09. The molecule has 0 spiro atoms. The van der Waals surface area contributed by atoms with Crippen LogP contribution in [-0.2, 0) is 6.42 Å². The standard InChI is InChI=1S/C12H9ClN2OS/c13-11-6-9(8-14)7-12(15-11)16-4-3-10-2-1-5-17-10/h1-2,5-7H,3-4H2. The molecule has 5 heteroatoms. The summed E-state index contributed by atoms with van der Waals surface area (Å²) >= 11 is 7.46. The Morgan fingerprint density at radius 1 is 1.47 bits per heavy atom. The van der Waals surface area contributed by atoms with E-state index in [0.29, 0.717) is 18.1 Å². The Morgan fingerprint density at radius 3 is 3.06 bits per heavy atom. The average molecular weight is 265 g/mol. The van der Waals surface area contributed by atoms with Gasteiger partial charge in [-0.3, -0.25) is 0 Å². The van der Waals surface area contributed by atoms with Crippen LogP contribution in [0.2, 0.25) is 5.15 Å². The Labute approximate surface area is 108 Å². The fraction of sp³-hybridized carbons (Fsp3) is 0.167. The lowest BCUT2D eigenvalue weighted by Crippen LogP contribution is -2.02. The predicted molar refractivity (Wildman–Crippen MR) is 67.5 cm³/mol. The Kier molecular flexibility index (Phi) is 3.97. The SMILES string of the molecule is N#Cc1cc(Cl)nc(OCCc2cccs2)c1. The van der Waals surface area contributed by atoms with Gasteiger partial charge in [-0.25, -0.2) is 4.98 Å². The minimum atomic E-state index is 0.273. The highest BCUT2D eigenvalue weighted by Crippen LogP contribution is 2.16. The van der Waals surface area contributed by atoms with Gasteiger partial charge in [0, 0.05) is 17.4 Å². The van der Waals surface area contributed by atoms with Gasteiger partial charge in [0.05, 0.1) is 18.2 Å². The summed E-state index contributed by atoms with van der Waals surface area (Å²) in [7, 11) is 0. The largest absolute Gasteiger partial charge is 0.477 e. The van der Waals surface area contributed by atoms with Gasteiger partial charge in [0.1, 0.15) is 5.15 Å². The summed E-state index contributed by atoms with van der Waals surface area (Å²) in [6.07, 6.45) is 0.827. The summed E-state index contributed by atoms with van der Waals surface area (Å²) in [5, 5.41) is 11.1. The molecule has 0 aliphatic heterocycles. The number of nitriles is 1.